The molecule has 23 heavy (non-hydrogen) atoms. The third kappa shape index (κ3) is 11.3. The van der Waals surface area contributed by atoms with Crippen molar-refractivity contribution in [2.45, 2.75) is 56.4 Å². The molecule has 7 nitrogen and oxygen atoms in total. The van der Waals surface area contributed by atoms with Crippen LogP contribution in [0.15, 0.2) is 0 Å². The monoisotopic (exact) mass is 366 g/mol. The molecule has 0 saturated heterocycles. The zero-order valence-corrected chi connectivity index (χ0v) is 15.0. The highest BCUT2D eigenvalue weighted by molar-refractivity contribution is 7.81. The van der Waals surface area contributed by atoms with Gasteiger partial charge in [-0.15, -0.1) is 0 Å². The fourth-order valence-corrected chi connectivity index (χ4v) is 2.71. The first kappa shape index (κ1) is 22.1. The lowest BCUT2D eigenvalue weighted by Gasteiger charge is -2.20. The minimum absolute atomic E-state index is 0.233. The van der Waals surface area contributed by atoms with Crippen molar-refractivity contribution in [1.29, 1.82) is 0 Å². The van der Waals surface area contributed by atoms with Crippen LogP contribution < -0.4 is 10.6 Å². The molecule has 0 radical (unpaired) electrons. The molecular weight excluding hydrogens is 340 g/mol. The van der Waals surface area contributed by atoms with Crippen LogP contribution in [0.5, 0.6) is 0 Å². The molecular formula is C14H26N2O5S2. The van der Waals surface area contributed by atoms with E-state index in [-0.39, 0.29) is 17.6 Å². The average molecular weight is 367 g/mol. The van der Waals surface area contributed by atoms with Gasteiger partial charge in [-0.2, -0.15) is 25.3 Å². The number of thiol groups is 2. The summed E-state index contributed by atoms with van der Waals surface area (Å²) >= 11 is 8.53. The van der Waals surface area contributed by atoms with Crippen molar-refractivity contribution < 1.29 is 24.6 Å². The largest absolute Gasteiger partial charge is 0.480 e. The van der Waals surface area contributed by atoms with Crippen LogP contribution in [0.2, 0.25) is 0 Å². The molecule has 4 N–H and O–H groups in total. The van der Waals surface area contributed by atoms with E-state index in [9.17, 15) is 19.5 Å². The molecule has 0 aliphatic heterocycles. The second kappa shape index (κ2) is 12.5. The van der Waals surface area contributed by atoms with Gasteiger partial charge in [0.1, 0.15) is 12.6 Å². The predicted molar refractivity (Wildman–Crippen MR) is 94.0 cm³/mol. The maximum atomic E-state index is 11.8. The molecule has 0 bridgehead atoms. The Morgan fingerprint density at radius 3 is 2.35 bits per heavy atom. The molecule has 0 saturated carbocycles. The summed E-state index contributed by atoms with van der Waals surface area (Å²) in [5.41, 5.74) is 0. The van der Waals surface area contributed by atoms with E-state index < -0.39 is 30.6 Å². The summed E-state index contributed by atoms with van der Waals surface area (Å²) in [6.45, 7) is 0.792. The number of carbonyl (C=O) groups is 3. The molecule has 134 valence electrons. The first-order valence-electron chi connectivity index (χ1n) is 7.53. The van der Waals surface area contributed by atoms with Crippen LogP contribution >= 0.6 is 25.3 Å². The van der Waals surface area contributed by atoms with E-state index in [1.54, 1.807) is 0 Å². The fourth-order valence-electron chi connectivity index (χ4n) is 1.88. The Morgan fingerprint density at radius 1 is 1.17 bits per heavy atom. The third-order valence-electron chi connectivity index (χ3n) is 3.15. The van der Waals surface area contributed by atoms with E-state index >= 15 is 0 Å². The lowest BCUT2D eigenvalue weighted by atomic mass is 10.1. The van der Waals surface area contributed by atoms with Gasteiger partial charge in [0.05, 0.1) is 6.10 Å². The van der Waals surface area contributed by atoms with Gasteiger partial charge in [-0.25, -0.2) is 0 Å². The standard InChI is InChI=1S/C14H26N2O5S2/c1-9(17)13(14(21)15-8-12(19)20)16-11(18)5-3-2-4-10(23)6-7-22/h9-10,13,17,22-23H,2-8H2,1H3,(H,15,21)(H,16,18)(H,19,20)/t9-,10?,13+/m1/s1. The van der Waals surface area contributed by atoms with E-state index in [0.29, 0.717) is 6.42 Å². The Morgan fingerprint density at radius 2 is 1.83 bits per heavy atom. The number of carboxylic acids is 1. The molecule has 9 heteroatoms. The van der Waals surface area contributed by atoms with Crippen LogP contribution in [0.3, 0.4) is 0 Å². The maximum absolute atomic E-state index is 11.8. The number of unbranched alkanes of at least 4 members (excludes halogenated alkanes) is 1. The summed E-state index contributed by atoms with van der Waals surface area (Å²) in [7, 11) is 0. The highest BCUT2D eigenvalue weighted by Crippen LogP contribution is 2.12. The molecule has 0 aromatic rings. The van der Waals surface area contributed by atoms with Gasteiger partial charge in [0.25, 0.3) is 0 Å². The van der Waals surface area contributed by atoms with Gasteiger partial charge in [-0.1, -0.05) is 6.42 Å². The fraction of sp³-hybridized carbons (Fsp3) is 0.786. The van der Waals surface area contributed by atoms with Crippen LogP contribution in [-0.4, -0.2) is 57.7 Å². The maximum Gasteiger partial charge on any atom is 0.322 e. The first-order chi connectivity index (χ1) is 10.8. The number of nitrogens with one attached hydrogen (secondary N) is 2. The summed E-state index contributed by atoms with van der Waals surface area (Å²) in [5.74, 6) is -1.50. The minimum atomic E-state index is -1.20. The summed E-state index contributed by atoms with van der Waals surface area (Å²) in [5, 5.41) is 22.9. The molecule has 3 atom stereocenters. The first-order valence-corrected chi connectivity index (χ1v) is 8.68. The second-order valence-corrected chi connectivity index (χ2v) is 6.49. The summed E-state index contributed by atoms with van der Waals surface area (Å²) in [6, 6.07) is -1.16. The summed E-state index contributed by atoms with van der Waals surface area (Å²) in [4.78, 5) is 34.0. The Hall–Kier alpha value is -0.930. The van der Waals surface area contributed by atoms with Crippen LogP contribution in [-0.2, 0) is 14.4 Å². The number of rotatable bonds is 12. The topological polar surface area (TPSA) is 116 Å². The molecule has 0 rings (SSSR count). The minimum Gasteiger partial charge on any atom is -0.480 e. The predicted octanol–water partition coefficient (Wildman–Crippen LogP) is 0.231. The van der Waals surface area contributed by atoms with Crippen molar-refractivity contribution >= 4 is 43.0 Å². The Balaban J connectivity index is 4.15. The number of aliphatic hydroxyl groups is 1. The molecule has 0 aliphatic rings. The highest BCUT2D eigenvalue weighted by atomic mass is 32.1. The number of aliphatic carboxylic acids is 1. The Bertz CT molecular complexity index is 393. The van der Waals surface area contributed by atoms with Crippen molar-refractivity contribution in [3.63, 3.8) is 0 Å². The van der Waals surface area contributed by atoms with E-state index in [1.165, 1.54) is 6.92 Å². The number of amides is 2. The van der Waals surface area contributed by atoms with E-state index in [4.69, 9.17) is 5.11 Å². The number of carbonyl (C=O) groups excluding carboxylic acids is 2. The summed E-state index contributed by atoms with van der Waals surface area (Å²) < 4.78 is 0. The quantitative estimate of drug-likeness (QED) is 0.219. The zero-order valence-electron chi connectivity index (χ0n) is 13.2. The van der Waals surface area contributed by atoms with Crippen LogP contribution in [0.4, 0.5) is 0 Å². The molecule has 0 fully saturated rings. The molecule has 0 aromatic heterocycles. The van der Waals surface area contributed by atoms with Crippen molar-refractivity contribution in [2.24, 2.45) is 0 Å². The average Bonchev–Trinajstić information content (AvgIpc) is 2.46. The molecule has 1 unspecified atom stereocenters. The van der Waals surface area contributed by atoms with E-state index in [0.717, 1.165) is 25.0 Å². The third-order valence-corrected chi connectivity index (χ3v) is 3.92. The lowest BCUT2D eigenvalue weighted by molar-refractivity contribution is -0.139. The molecule has 0 spiro atoms. The van der Waals surface area contributed by atoms with Gasteiger partial charge in [-0.3, -0.25) is 14.4 Å². The van der Waals surface area contributed by atoms with Gasteiger partial charge >= 0.3 is 5.97 Å². The van der Waals surface area contributed by atoms with Crippen LogP contribution in [0, 0.1) is 0 Å². The van der Waals surface area contributed by atoms with Crippen molar-refractivity contribution in [1.82, 2.24) is 10.6 Å². The van der Waals surface area contributed by atoms with Crippen molar-refractivity contribution in [2.75, 3.05) is 12.3 Å². The van der Waals surface area contributed by atoms with Gasteiger partial charge in [0, 0.05) is 11.7 Å². The molecule has 0 aliphatic carbocycles. The van der Waals surface area contributed by atoms with Crippen molar-refractivity contribution in [3.05, 3.63) is 0 Å². The SMILES string of the molecule is C[C@@H](O)[C@H](NC(=O)CCCCC(S)CCS)C(=O)NCC(=O)O. The van der Waals surface area contributed by atoms with Gasteiger partial charge in [0.2, 0.25) is 11.8 Å². The van der Waals surface area contributed by atoms with Crippen LogP contribution in [0.1, 0.15) is 39.0 Å². The molecule has 2 amide bonds. The molecule has 0 aromatic carbocycles. The number of hydrogen-bond donors (Lipinski definition) is 6. The van der Waals surface area contributed by atoms with Gasteiger partial charge in [-0.05, 0) is 31.9 Å². The normalized spacial score (nSPS) is 14.6. The Labute approximate surface area is 147 Å². The zero-order chi connectivity index (χ0) is 17.8. The number of carboxylic acid groups (broad SMARTS) is 1. The number of aliphatic hydroxyl groups excluding tert-OH is 1. The van der Waals surface area contributed by atoms with Gasteiger partial charge in [0.15, 0.2) is 0 Å². The number of hydrogen-bond acceptors (Lipinski definition) is 6. The Kier molecular flexibility index (Phi) is 12.0. The second-order valence-electron chi connectivity index (χ2n) is 5.31. The molecule has 0 heterocycles. The van der Waals surface area contributed by atoms with E-state index in [1.807, 2.05) is 0 Å². The summed E-state index contributed by atoms with van der Waals surface area (Å²) in [6.07, 6.45) is 2.39. The smallest absolute Gasteiger partial charge is 0.322 e. The van der Waals surface area contributed by atoms with Crippen LogP contribution in [0.25, 0.3) is 0 Å². The van der Waals surface area contributed by atoms with Gasteiger partial charge < -0.3 is 20.8 Å². The lowest BCUT2D eigenvalue weighted by Crippen LogP contribution is -2.53. The highest BCUT2D eigenvalue weighted by Gasteiger charge is 2.25. The van der Waals surface area contributed by atoms with Crippen molar-refractivity contribution in [3.8, 4) is 0 Å². The van der Waals surface area contributed by atoms with E-state index in [2.05, 4.69) is 35.9 Å².